The third-order valence-corrected chi connectivity index (χ3v) is 3.10. The van der Waals surface area contributed by atoms with Crippen molar-refractivity contribution in [1.82, 2.24) is 0 Å². The lowest BCUT2D eigenvalue weighted by Gasteiger charge is -2.05. The molecule has 0 fully saturated rings. The first-order valence-electron chi connectivity index (χ1n) is 7.19. The van der Waals surface area contributed by atoms with Crippen LogP contribution < -0.4 is 9.47 Å². The average molecular weight is 310 g/mol. The molecule has 0 heterocycles. The van der Waals surface area contributed by atoms with Gasteiger partial charge in [-0.2, -0.15) is 0 Å². The summed E-state index contributed by atoms with van der Waals surface area (Å²) in [4.78, 5) is 21.8. The minimum atomic E-state index is -0.336. The van der Waals surface area contributed by atoms with E-state index in [1.54, 1.807) is 24.3 Å². The minimum Gasteiger partial charge on any atom is -0.427 e. The van der Waals surface area contributed by atoms with Gasteiger partial charge in [0.15, 0.2) is 0 Å². The summed E-state index contributed by atoms with van der Waals surface area (Å²) in [6.45, 7) is 4.75. The van der Waals surface area contributed by atoms with E-state index >= 15 is 0 Å². The Morgan fingerprint density at radius 1 is 0.739 bits per heavy atom. The van der Waals surface area contributed by atoms with Gasteiger partial charge in [0.25, 0.3) is 0 Å². The number of benzene rings is 2. The molecular weight excluding hydrogens is 292 g/mol. The molecule has 0 spiro atoms. The fraction of sp³-hybridized carbons (Fsp3) is 0.158. The first kappa shape index (κ1) is 16.5. The van der Waals surface area contributed by atoms with Gasteiger partial charge in [0, 0.05) is 13.8 Å². The van der Waals surface area contributed by atoms with Crippen LogP contribution in [0.5, 0.6) is 11.5 Å². The first-order valence-corrected chi connectivity index (χ1v) is 7.19. The van der Waals surface area contributed by atoms with Gasteiger partial charge >= 0.3 is 11.9 Å². The first-order chi connectivity index (χ1) is 10.9. The lowest BCUT2D eigenvalue weighted by molar-refractivity contribution is -0.132. The summed E-state index contributed by atoms with van der Waals surface area (Å²) < 4.78 is 10.0. The predicted molar refractivity (Wildman–Crippen MR) is 89.0 cm³/mol. The van der Waals surface area contributed by atoms with E-state index in [-0.39, 0.29) is 11.9 Å². The Kier molecular flexibility index (Phi) is 5.31. The van der Waals surface area contributed by atoms with E-state index in [0.29, 0.717) is 11.5 Å². The molecule has 0 aromatic heterocycles. The second-order valence-electron chi connectivity index (χ2n) is 5.11. The van der Waals surface area contributed by atoms with Gasteiger partial charge in [0.05, 0.1) is 0 Å². The van der Waals surface area contributed by atoms with Crippen LogP contribution in [0.15, 0.2) is 48.5 Å². The largest absolute Gasteiger partial charge is 0.427 e. The Bertz CT molecular complexity index is 725. The van der Waals surface area contributed by atoms with Crippen LogP contribution in [0.3, 0.4) is 0 Å². The third-order valence-electron chi connectivity index (χ3n) is 3.10. The summed E-state index contributed by atoms with van der Waals surface area (Å²) in [7, 11) is 0. The highest BCUT2D eigenvalue weighted by molar-refractivity contribution is 5.80. The number of hydrogen-bond acceptors (Lipinski definition) is 4. The van der Waals surface area contributed by atoms with Crippen molar-refractivity contribution >= 4 is 23.6 Å². The normalized spacial score (nSPS) is 11.0. The number of carbonyl (C=O) groups excluding carboxylic acids is 2. The maximum atomic E-state index is 10.9. The van der Waals surface area contributed by atoms with Crippen molar-refractivity contribution in [3.05, 3.63) is 59.7 Å². The lowest BCUT2D eigenvalue weighted by Crippen LogP contribution is -2.01. The molecule has 0 saturated heterocycles. The number of ether oxygens (including phenoxy) is 2. The van der Waals surface area contributed by atoms with Gasteiger partial charge in [0.2, 0.25) is 0 Å². The fourth-order valence-electron chi connectivity index (χ4n) is 2.08. The second kappa shape index (κ2) is 7.40. The molecule has 4 heteroatoms. The topological polar surface area (TPSA) is 52.6 Å². The summed E-state index contributed by atoms with van der Waals surface area (Å²) in [6.07, 6.45) is 2.03. The molecule has 0 N–H and O–H groups in total. The average Bonchev–Trinajstić information content (AvgIpc) is 2.49. The Morgan fingerprint density at radius 3 is 1.61 bits per heavy atom. The monoisotopic (exact) mass is 310 g/mol. The molecule has 2 aromatic rings. The number of carbonyl (C=O) groups is 2. The number of rotatable bonds is 4. The number of esters is 2. The van der Waals surface area contributed by atoms with Crippen molar-refractivity contribution in [1.29, 1.82) is 0 Å². The smallest absolute Gasteiger partial charge is 0.308 e. The molecule has 0 amide bonds. The number of allylic oxidation sites excluding steroid dienone is 1. The molecule has 2 rings (SSSR count). The van der Waals surface area contributed by atoms with Crippen LogP contribution in [0.1, 0.15) is 31.9 Å². The lowest BCUT2D eigenvalue weighted by atomic mass is 10.0. The van der Waals surface area contributed by atoms with E-state index in [0.717, 1.165) is 16.7 Å². The minimum absolute atomic E-state index is 0.335. The summed E-state index contributed by atoms with van der Waals surface area (Å²) in [5, 5.41) is 0. The SMILES string of the molecule is CC(=O)Oc1ccc(C=C(C)c2ccc(OC(C)=O)cc2)cc1. The van der Waals surface area contributed by atoms with E-state index in [2.05, 4.69) is 0 Å². The van der Waals surface area contributed by atoms with Gasteiger partial charge in [0.1, 0.15) is 11.5 Å². The fourth-order valence-corrected chi connectivity index (χ4v) is 2.08. The quantitative estimate of drug-likeness (QED) is 0.485. The molecule has 118 valence electrons. The summed E-state index contributed by atoms with van der Waals surface area (Å²) in [6, 6.07) is 14.6. The molecule has 0 unspecified atom stereocenters. The Labute approximate surface area is 135 Å². The van der Waals surface area contributed by atoms with Gasteiger partial charge in [-0.05, 0) is 47.9 Å². The van der Waals surface area contributed by atoms with Crippen LogP contribution in [-0.4, -0.2) is 11.9 Å². The van der Waals surface area contributed by atoms with Crippen LogP contribution in [0, 0.1) is 0 Å². The molecule has 0 saturated carbocycles. The van der Waals surface area contributed by atoms with Gasteiger partial charge < -0.3 is 9.47 Å². The zero-order valence-corrected chi connectivity index (χ0v) is 13.3. The third kappa shape index (κ3) is 5.11. The summed E-state index contributed by atoms with van der Waals surface area (Å²) in [5.41, 5.74) is 3.10. The molecule has 0 aliphatic heterocycles. The molecular formula is C19H18O4. The van der Waals surface area contributed by atoms with E-state index in [1.165, 1.54) is 13.8 Å². The summed E-state index contributed by atoms with van der Waals surface area (Å²) in [5.74, 6) is 0.382. The maximum Gasteiger partial charge on any atom is 0.308 e. The molecule has 0 atom stereocenters. The Balaban J connectivity index is 2.12. The van der Waals surface area contributed by atoms with Crippen molar-refractivity contribution in [2.75, 3.05) is 0 Å². The molecule has 0 radical (unpaired) electrons. The highest BCUT2D eigenvalue weighted by Gasteiger charge is 2.01. The van der Waals surface area contributed by atoms with Gasteiger partial charge in [-0.25, -0.2) is 0 Å². The highest BCUT2D eigenvalue weighted by atomic mass is 16.5. The Morgan fingerprint density at radius 2 is 1.17 bits per heavy atom. The standard InChI is InChI=1S/C19H18O4/c1-13(17-6-10-19(11-7-17)23-15(3)21)12-16-4-8-18(9-5-16)22-14(2)20/h4-12H,1-3H3. The van der Waals surface area contributed by atoms with Crippen molar-refractivity contribution in [2.24, 2.45) is 0 Å². The predicted octanol–water partition coefficient (Wildman–Crippen LogP) is 4.10. The van der Waals surface area contributed by atoms with Crippen LogP contribution >= 0.6 is 0 Å². The second-order valence-corrected chi connectivity index (χ2v) is 5.11. The van der Waals surface area contributed by atoms with Crippen LogP contribution in [-0.2, 0) is 9.59 Å². The maximum absolute atomic E-state index is 10.9. The van der Waals surface area contributed by atoms with Crippen LogP contribution in [0.2, 0.25) is 0 Å². The van der Waals surface area contributed by atoms with E-state index in [1.807, 2.05) is 37.3 Å². The molecule has 0 aliphatic carbocycles. The Hall–Kier alpha value is -2.88. The molecule has 2 aromatic carbocycles. The van der Waals surface area contributed by atoms with Gasteiger partial charge in [-0.1, -0.05) is 30.3 Å². The summed E-state index contributed by atoms with van der Waals surface area (Å²) >= 11 is 0. The van der Waals surface area contributed by atoms with Crippen molar-refractivity contribution in [3.8, 4) is 11.5 Å². The van der Waals surface area contributed by atoms with Crippen molar-refractivity contribution in [2.45, 2.75) is 20.8 Å². The van der Waals surface area contributed by atoms with Crippen molar-refractivity contribution in [3.63, 3.8) is 0 Å². The van der Waals surface area contributed by atoms with E-state index in [4.69, 9.17) is 9.47 Å². The number of hydrogen-bond donors (Lipinski definition) is 0. The van der Waals surface area contributed by atoms with Crippen LogP contribution in [0.25, 0.3) is 11.6 Å². The zero-order chi connectivity index (χ0) is 16.8. The molecule has 4 nitrogen and oxygen atoms in total. The highest BCUT2D eigenvalue weighted by Crippen LogP contribution is 2.22. The van der Waals surface area contributed by atoms with Crippen LogP contribution in [0.4, 0.5) is 0 Å². The zero-order valence-electron chi connectivity index (χ0n) is 13.3. The van der Waals surface area contributed by atoms with Gasteiger partial charge in [-0.15, -0.1) is 0 Å². The van der Waals surface area contributed by atoms with E-state index in [9.17, 15) is 9.59 Å². The molecule has 0 bridgehead atoms. The van der Waals surface area contributed by atoms with E-state index < -0.39 is 0 Å². The van der Waals surface area contributed by atoms with Gasteiger partial charge in [-0.3, -0.25) is 9.59 Å². The molecule has 0 aliphatic rings. The van der Waals surface area contributed by atoms with Crippen molar-refractivity contribution < 1.29 is 19.1 Å². The molecule has 23 heavy (non-hydrogen) atoms.